The molecule has 1 aliphatic heterocycles. The Morgan fingerprint density at radius 2 is 2.05 bits per heavy atom. The minimum Gasteiger partial charge on any atom is -0.395 e. The van der Waals surface area contributed by atoms with E-state index in [1.165, 1.54) is 4.31 Å². The molecule has 1 heterocycles. The van der Waals surface area contributed by atoms with Gasteiger partial charge in [0.15, 0.2) is 0 Å². The Balaban J connectivity index is 2.33. The molecule has 0 aromatic heterocycles. The van der Waals surface area contributed by atoms with E-state index in [1.54, 1.807) is 25.1 Å². The Morgan fingerprint density at radius 3 is 2.71 bits per heavy atom. The molecule has 0 aliphatic carbocycles. The molecular formula is C15H19NO4S. The van der Waals surface area contributed by atoms with Crippen LogP contribution in [-0.2, 0) is 14.8 Å². The number of aryl methyl sites for hydroxylation is 1. The molecule has 21 heavy (non-hydrogen) atoms. The van der Waals surface area contributed by atoms with Crippen molar-refractivity contribution in [3.8, 4) is 11.8 Å². The molecule has 0 spiro atoms. The quantitative estimate of drug-likeness (QED) is 0.837. The van der Waals surface area contributed by atoms with Gasteiger partial charge in [-0.2, -0.15) is 4.31 Å². The molecule has 1 aromatic carbocycles. The van der Waals surface area contributed by atoms with Gasteiger partial charge in [-0.25, -0.2) is 8.42 Å². The lowest BCUT2D eigenvalue weighted by molar-refractivity contribution is 0.0730. The summed E-state index contributed by atoms with van der Waals surface area (Å²) in [5.74, 6) is 5.67. The van der Waals surface area contributed by atoms with Gasteiger partial charge in [0.2, 0.25) is 10.0 Å². The van der Waals surface area contributed by atoms with Gasteiger partial charge in [0.25, 0.3) is 0 Å². The third-order valence-corrected chi connectivity index (χ3v) is 5.29. The number of aliphatic hydroxyl groups is 1. The highest BCUT2D eigenvalue weighted by Crippen LogP contribution is 2.22. The molecular weight excluding hydrogens is 290 g/mol. The predicted octanol–water partition coefficient (Wildman–Crippen LogP) is 0.750. The van der Waals surface area contributed by atoms with Gasteiger partial charge in [0.05, 0.1) is 24.7 Å². The number of nitrogens with zero attached hydrogens (tertiary/aromatic N) is 1. The largest absolute Gasteiger partial charge is 0.395 e. The lowest BCUT2D eigenvalue weighted by atomic mass is 10.1. The maximum Gasteiger partial charge on any atom is 0.243 e. The minimum absolute atomic E-state index is 0.00219. The summed E-state index contributed by atoms with van der Waals surface area (Å²) in [4.78, 5) is 0.292. The summed E-state index contributed by atoms with van der Waals surface area (Å²) in [6, 6.07) is 5.15. The average Bonchev–Trinajstić information content (AvgIpc) is 2.50. The molecule has 6 heteroatoms. The first kappa shape index (κ1) is 16.0. The van der Waals surface area contributed by atoms with Gasteiger partial charge in [0.1, 0.15) is 0 Å². The first-order valence-corrected chi connectivity index (χ1v) is 8.28. The Bertz CT molecular complexity index is 652. The van der Waals surface area contributed by atoms with Crippen LogP contribution in [0.1, 0.15) is 17.5 Å². The second kappa shape index (κ2) is 7.05. The van der Waals surface area contributed by atoms with Crippen molar-refractivity contribution in [2.45, 2.75) is 18.2 Å². The van der Waals surface area contributed by atoms with E-state index in [0.29, 0.717) is 48.7 Å². The third kappa shape index (κ3) is 3.83. The lowest BCUT2D eigenvalue weighted by Crippen LogP contribution is -2.40. The third-order valence-electron chi connectivity index (χ3n) is 3.25. The number of sulfonamides is 1. The van der Waals surface area contributed by atoms with Crippen LogP contribution < -0.4 is 0 Å². The SMILES string of the molecule is Cc1ccc(C#CCCO)cc1S(=O)(=O)N1CCOCC1. The summed E-state index contributed by atoms with van der Waals surface area (Å²) in [5.41, 5.74) is 1.34. The normalized spacial score (nSPS) is 16.3. The minimum atomic E-state index is -3.51. The molecule has 2 rings (SSSR count). The van der Waals surface area contributed by atoms with E-state index in [9.17, 15) is 8.42 Å². The molecule has 1 N–H and O–H groups in total. The van der Waals surface area contributed by atoms with Crippen LogP contribution in [0.3, 0.4) is 0 Å². The maximum atomic E-state index is 12.7. The van der Waals surface area contributed by atoms with Gasteiger partial charge in [-0.15, -0.1) is 0 Å². The van der Waals surface area contributed by atoms with Crippen molar-refractivity contribution in [1.29, 1.82) is 0 Å². The van der Waals surface area contributed by atoms with Crippen LogP contribution >= 0.6 is 0 Å². The molecule has 0 atom stereocenters. The summed E-state index contributed by atoms with van der Waals surface area (Å²) in [7, 11) is -3.51. The fraction of sp³-hybridized carbons (Fsp3) is 0.467. The Kier molecular flexibility index (Phi) is 5.37. The summed E-state index contributed by atoms with van der Waals surface area (Å²) >= 11 is 0. The van der Waals surface area contributed by atoms with E-state index in [0.717, 1.165) is 0 Å². The lowest BCUT2D eigenvalue weighted by Gasteiger charge is -2.26. The molecule has 0 bridgehead atoms. The number of ether oxygens (including phenoxy) is 1. The van der Waals surface area contributed by atoms with Crippen molar-refractivity contribution in [2.24, 2.45) is 0 Å². The molecule has 5 nitrogen and oxygen atoms in total. The molecule has 1 fully saturated rings. The second-order valence-corrected chi connectivity index (χ2v) is 6.68. The fourth-order valence-corrected chi connectivity index (χ4v) is 3.76. The standard InChI is InChI=1S/C15H19NO4S/c1-13-5-6-14(4-2-3-9-17)12-15(13)21(18,19)16-7-10-20-11-8-16/h5-6,12,17H,3,7-11H2,1H3. The highest BCUT2D eigenvalue weighted by molar-refractivity contribution is 7.89. The summed E-state index contributed by atoms with van der Waals surface area (Å²) in [5, 5.41) is 8.73. The number of hydrogen-bond acceptors (Lipinski definition) is 4. The van der Waals surface area contributed by atoms with Crippen LogP contribution in [0.5, 0.6) is 0 Å². The van der Waals surface area contributed by atoms with Crippen molar-refractivity contribution >= 4 is 10.0 Å². The van der Waals surface area contributed by atoms with Crippen LogP contribution in [0.4, 0.5) is 0 Å². The van der Waals surface area contributed by atoms with Gasteiger partial charge in [-0.1, -0.05) is 17.9 Å². The van der Waals surface area contributed by atoms with E-state index in [2.05, 4.69) is 11.8 Å². The summed E-state index contributed by atoms with van der Waals surface area (Å²) in [6.07, 6.45) is 0.374. The van der Waals surface area contributed by atoms with E-state index in [4.69, 9.17) is 9.84 Å². The van der Waals surface area contributed by atoms with Crippen molar-refractivity contribution < 1.29 is 18.3 Å². The number of hydrogen-bond donors (Lipinski definition) is 1. The first-order chi connectivity index (χ1) is 10.1. The topological polar surface area (TPSA) is 66.8 Å². The van der Waals surface area contributed by atoms with Crippen molar-refractivity contribution in [3.63, 3.8) is 0 Å². The second-order valence-electron chi connectivity index (χ2n) is 4.77. The van der Waals surface area contributed by atoms with Crippen LogP contribution in [-0.4, -0.2) is 50.7 Å². The van der Waals surface area contributed by atoms with Gasteiger partial charge >= 0.3 is 0 Å². The van der Waals surface area contributed by atoms with Crippen molar-refractivity contribution in [1.82, 2.24) is 4.31 Å². The molecule has 0 radical (unpaired) electrons. The average molecular weight is 309 g/mol. The van der Waals surface area contributed by atoms with Crippen molar-refractivity contribution in [2.75, 3.05) is 32.9 Å². The Hall–Kier alpha value is -1.39. The zero-order valence-corrected chi connectivity index (χ0v) is 12.8. The maximum absolute atomic E-state index is 12.7. The van der Waals surface area contributed by atoms with Crippen LogP contribution in [0.25, 0.3) is 0 Å². The zero-order valence-electron chi connectivity index (χ0n) is 12.0. The molecule has 1 aliphatic rings. The van der Waals surface area contributed by atoms with E-state index in [-0.39, 0.29) is 6.61 Å². The van der Waals surface area contributed by atoms with Crippen LogP contribution in [0, 0.1) is 18.8 Å². The Morgan fingerprint density at radius 1 is 1.33 bits per heavy atom. The monoisotopic (exact) mass is 309 g/mol. The summed E-state index contributed by atoms with van der Waals surface area (Å²) < 4.78 is 32.0. The zero-order chi connectivity index (χ0) is 15.3. The molecule has 1 saturated heterocycles. The van der Waals surface area contributed by atoms with Gasteiger partial charge in [-0.05, 0) is 24.6 Å². The predicted molar refractivity (Wildman–Crippen MR) is 79.3 cm³/mol. The van der Waals surface area contributed by atoms with E-state index >= 15 is 0 Å². The highest BCUT2D eigenvalue weighted by atomic mass is 32.2. The molecule has 0 amide bonds. The van der Waals surface area contributed by atoms with E-state index in [1.807, 2.05) is 0 Å². The molecule has 0 saturated carbocycles. The molecule has 0 unspecified atom stereocenters. The smallest absolute Gasteiger partial charge is 0.243 e. The number of aliphatic hydroxyl groups excluding tert-OH is 1. The van der Waals surface area contributed by atoms with Gasteiger partial charge in [0, 0.05) is 25.1 Å². The molecule has 114 valence electrons. The van der Waals surface area contributed by atoms with Crippen LogP contribution in [0.15, 0.2) is 23.1 Å². The highest BCUT2D eigenvalue weighted by Gasteiger charge is 2.27. The number of rotatable bonds is 3. The van der Waals surface area contributed by atoms with Crippen LogP contribution in [0.2, 0.25) is 0 Å². The van der Waals surface area contributed by atoms with Crippen molar-refractivity contribution in [3.05, 3.63) is 29.3 Å². The number of morpholine rings is 1. The van der Waals surface area contributed by atoms with Gasteiger partial charge < -0.3 is 9.84 Å². The Labute approximate surface area is 125 Å². The molecule has 1 aromatic rings. The first-order valence-electron chi connectivity index (χ1n) is 6.84. The van der Waals surface area contributed by atoms with E-state index < -0.39 is 10.0 Å². The summed E-state index contributed by atoms with van der Waals surface area (Å²) in [6.45, 7) is 3.38. The fourth-order valence-electron chi connectivity index (χ4n) is 2.10. The number of benzene rings is 1. The van der Waals surface area contributed by atoms with Gasteiger partial charge in [-0.3, -0.25) is 0 Å².